The molecule has 0 radical (unpaired) electrons. The van der Waals surface area contributed by atoms with Crippen LogP contribution in [0.1, 0.15) is 16.1 Å². The first-order valence-electron chi connectivity index (χ1n) is 6.06. The van der Waals surface area contributed by atoms with Crippen molar-refractivity contribution in [3.63, 3.8) is 0 Å². The van der Waals surface area contributed by atoms with E-state index in [-0.39, 0.29) is 11.5 Å². The van der Waals surface area contributed by atoms with Crippen molar-refractivity contribution in [1.82, 2.24) is 5.16 Å². The lowest BCUT2D eigenvalue weighted by Crippen LogP contribution is -1.98. The molecule has 0 aliphatic carbocycles. The van der Waals surface area contributed by atoms with Crippen LogP contribution in [0.4, 0.5) is 0 Å². The second-order valence-electron chi connectivity index (χ2n) is 4.28. The number of carbonyl (C=O) groups is 1. The highest BCUT2D eigenvalue weighted by molar-refractivity contribution is 9.10. The Balaban J connectivity index is 1.91. The topological polar surface area (TPSA) is 43.1 Å². The van der Waals surface area contributed by atoms with Gasteiger partial charge in [-0.25, -0.2) is 0 Å². The molecule has 0 amide bonds. The first-order chi connectivity index (χ1) is 9.74. The van der Waals surface area contributed by atoms with Gasteiger partial charge in [0, 0.05) is 21.7 Å². The summed E-state index contributed by atoms with van der Waals surface area (Å²) in [6.07, 6.45) is 0. The Morgan fingerprint density at radius 2 is 1.70 bits per heavy atom. The van der Waals surface area contributed by atoms with Gasteiger partial charge in [-0.3, -0.25) is 4.79 Å². The largest absolute Gasteiger partial charge is 0.352 e. The van der Waals surface area contributed by atoms with Gasteiger partial charge in [-0.2, -0.15) is 0 Å². The van der Waals surface area contributed by atoms with Gasteiger partial charge in [0.2, 0.25) is 11.5 Å². The quantitative estimate of drug-likeness (QED) is 0.672. The molecule has 0 saturated heterocycles. The Morgan fingerprint density at radius 1 is 1.00 bits per heavy atom. The fourth-order valence-electron chi connectivity index (χ4n) is 1.87. The minimum absolute atomic E-state index is 0.165. The van der Waals surface area contributed by atoms with Crippen LogP contribution in [0.5, 0.6) is 0 Å². The van der Waals surface area contributed by atoms with E-state index in [4.69, 9.17) is 4.52 Å². The summed E-state index contributed by atoms with van der Waals surface area (Å²) < 4.78 is 6.15. The van der Waals surface area contributed by atoms with E-state index in [1.165, 1.54) is 0 Å². The van der Waals surface area contributed by atoms with Crippen LogP contribution in [0.2, 0.25) is 0 Å². The maximum absolute atomic E-state index is 12.2. The Kier molecular flexibility index (Phi) is 3.48. The molecule has 20 heavy (non-hydrogen) atoms. The molecule has 3 rings (SSSR count). The molecule has 0 aliphatic heterocycles. The zero-order chi connectivity index (χ0) is 13.9. The van der Waals surface area contributed by atoms with Gasteiger partial charge < -0.3 is 4.52 Å². The minimum atomic E-state index is -0.165. The summed E-state index contributed by atoms with van der Waals surface area (Å²) in [4.78, 5) is 12.2. The first kappa shape index (κ1) is 12.8. The molecule has 2 aromatic carbocycles. The number of aromatic nitrogens is 1. The van der Waals surface area contributed by atoms with Gasteiger partial charge in [-0.1, -0.05) is 63.6 Å². The number of benzene rings is 2. The van der Waals surface area contributed by atoms with E-state index in [9.17, 15) is 4.79 Å². The molecule has 0 atom stereocenters. The number of nitrogens with zero attached hydrogens (tertiary/aromatic N) is 1. The van der Waals surface area contributed by atoms with Crippen LogP contribution < -0.4 is 0 Å². The van der Waals surface area contributed by atoms with Gasteiger partial charge in [0.1, 0.15) is 5.69 Å². The summed E-state index contributed by atoms with van der Waals surface area (Å²) in [5.74, 6) is 0.0792. The molecule has 0 fully saturated rings. The van der Waals surface area contributed by atoms with Crippen molar-refractivity contribution < 1.29 is 9.32 Å². The van der Waals surface area contributed by atoms with E-state index < -0.39 is 0 Å². The van der Waals surface area contributed by atoms with Crippen LogP contribution in [0.25, 0.3) is 11.3 Å². The number of hydrogen-bond acceptors (Lipinski definition) is 3. The van der Waals surface area contributed by atoms with Crippen molar-refractivity contribution in [2.24, 2.45) is 0 Å². The molecular weight excluding hydrogens is 318 g/mol. The van der Waals surface area contributed by atoms with E-state index in [1.54, 1.807) is 18.2 Å². The highest BCUT2D eigenvalue weighted by Gasteiger charge is 2.15. The molecule has 0 unspecified atom stereocenters. The normalized spacial score (nSPS) is 10.4. The van der Waals surface area contributed by atoms with Gasteiger partial charge >= 0.3 is 0 Å². The Bertz CT molecular complexity index is 733. The van der Waals surface area contributed by atoms with E-state index in [0.29, 0.717) is 11.3 Å². The van der Waals surface area contributed by atoms with Gasteiger partial charge in [0.15, 0.2) is 0 Å². The van der Waals surface area contributed by atoms with Crippen molar-refractivity contribution in [3.8, 4) is 11.3 Å². The summed E-state index contributed by atoms with van der Waals surface area (Å²) in [5, 5.41) is 3.95. The van der Waals surface area contributed by atoms with Crippen molar-refractivity contribution in [2.75, 3.05) is 0 Å². The number of halogens is 1. The van der Waals surface area contributed by atoms with E-state index >= 15 is 0 Å². The molecule has 0 bridgehead atoms. The fourth-order valence-corrected chi connectivity index (χ4v) is 2.14. The van der Waals surface area contributed by atoms with Crippen molar-refractivity contribution in [1.29, 1.82) is 0 Å². The first-order valence-corrected chi connectivity index (χ1v) is 6.86. The summed E-state index contributed by atoms with van der Waals surface area (Å²) >= 11 is 3.38. The van der Waals surface area contributed by atoms with E-state index in [0.717, 1.165) is 10.0 Å². The molecule has 0 saturated carbocycles. The van der Waals surface area contributed by atoms with Crippen LogP contribution in [-0.4, -0.2) is 10.9 Å². The SMILES string of the molecule is O=C(c1ccccc1)c1cc(-c2ccc(Br)cc2)no1. The van der Waals surface area contributed by atoms with Gasteiger partial charge in [0.05, 0.1) is 0 Å². The predicted molar refractivity (Wildman–Crippen MR) is 79.5 cm³/mol. The number of rotatable bonds is 3. The molecule has 4 heteroatoms. The minimum Gasteiger partial charge on any atom is -0.352 e. The lowest BCUT2D eigenvalue weighted by Gasteiger charge is -1.95. The Hall–Kier alpha value is -2.20. The van der Waals surface area contributed by atoms with Crippen LogP contribution in [0, 0.1) is 0 Å². The third kappa shape index (κ3) is 2.56. The number of ketones is 1. The second-order valence-corrected chi connectivity index (χ2v) is 5.19. The Morgan fingerprint density at radius 3 is 2.40 bits per heavy atom. The summed E-state index contributed by atoms with van der Waals surface area (Å²) in [7, 11) is 0. The van der Waals surface area contributed by atoms with Crippen LogP contribution in [0.3, 0.4) is 0 Å². The van der Waals surface area contributed by atoms with Gasteiger partial charge in [-0.15, -0.1) is 0 Å². The number of hydrogen-bond donors (Lipinski definition) is 0. The third-order valence-electron chi connectivity index (χ3n) is 2.91. The lowest BCUT2D eigenvalue weighted by molar-refractivity contribution is 0.100. The van der Waals surface area contributed by atoms with Crippen LogP contribution >= 0.6 is 15.9 Å². The molecule has 0 spiro atoms. The molecule has 0 aliphatic rings. The molecule has 98 valence electrons. The average Bonchev–Trinajstić information content (AvgIpc) is 2.98. The van der Waals surface area contributed by atoms with Crippen LogP contribution in [-0.2, 0) is 0 Å². The smallest absolute Gasteiger partial charge is 0.231 e. The highest BCUT2D eigenvalue weighted by Crippen LogP contribution is 2.22. The van der Waals surface area contributed by atoms with Crippen LogP contribution in [0.15, 0.2) is 69.7 Å². The maximum Gasteiger partial charge on any atom is 0.231 e. The predicted octanol–water partition coefficient (Wildman–Crippen LogP) is 4.34. The average molecular weight is 328 g/mol. The molecule has 0 N–H and O–H groups in total. The van der Waals surface area contributed by atoms with Crippen molar-refractivity contribution in [2.45, 2.75) is 0 Å². The molecule has 1 heterocycles. The van der Waals surface area contributed by atoms with E-state index in [2.05, 4.69) is 21.1 Å². The molecule has 3 aromatic rings. The Labute approximate surface area is 124 Å². The van der Waals surface area contributed by atoms with Crippen molar-refractivity contribution >= 4 is 21.7 Å². The zero-order valence-electron chi connectivity index (χ0n) is 10.4. The van der Waals surface area contributed by atoms with E-state index in [1.807, 2.05) is 42.5 Å². The summed E-state index contributed by atoms with van der Waals surface area (Å²) in [6.45, 7) is 0. The van der Waals surface area contributed by atoms with Gasteiger partial charge in [-0.05, 0) is 12.1 Å². The number of carbonyl (C=O) groups excluding carboxylic acids is 1. The lowest BCUT2D eigenvalue weighted by atomic mass is 10.1. The molecule has 3 nitrogen and oxygen atoms in total. The third-order valence-corrected chi connectivity index (χ3v) is 3.44. The fraction of sp³-hybridized carbons (Fsp3) is 0. The molecule has 1 aromatic heterocycles. The van der Waals surface area contributed by atoms with Gasteiger partial charge in [0.25, 0.3) is 0 Å². The zero-order valence-corrected chi connectivity index (χ0v) is 12.0. The maximum atomic E-state index is 12.2. The highest BCUT2D eigenvalue weighted by atomic mass is 79.9. The summed E-state index contributed by atoms with van der Waals surface area (Å²) in [6, 6.07) is 18.3. The molecular formula is C16H10BrNO2. The standard InChI is InChI=1S/C16H10BrNO2/c17-13-8-6-11(7-9-13)14-10-15(20-18-14)16(19)12-4-2-1-3-5-12/h1-10H. The summed E-state index contributed by atoms with van der Waals surface area (Å²) in [5.41, 5.74) is 2.15. The second kappa shape index (κ2) is 5.43. The van der Waals surface area contributed by atoms with Crippen molar-refractivity contribution in [3.05, 3.63) is 76.5 Å². The monoisotopic (exact) mass is 327 g/mol.